The van der Waals surface area contributed by atoms with Gasteiger partial charge in [-0.2, -0.15) is 0 Å². The fourth-order valence-electron chi connectivity index (χ4n) is 2.08. The molecule has 2 nitrogen and oxygen atoms in total. The minimum atomic E-state index is 0.580. The van der Waals surface area contributed by atoms with Crippen LogP contribution in [0.15, 0.2) is 54.6 Å². The summed E-state index contributed by atoms with van der Waals surface area (Å²) >= 11 is 1.76. The maximum Gasteiger partial charge on any atom is 0.122 e. The van der Waals surface area contributed by atoms with Crippen molar-refractivity contribution in [2.45, 2.75) is 13.2 Å². The molecule has 0 aliphatic rings. The predicted octanol–water partition coefficient (Wildman–Crippen LogP) is 3.94. The average molecular weight is 269 g/mol. The van der Waals surface area contributed by atoms with Crippen molar-refractivity contribution < 1.29 is 4.74 Å². The van der Waals surface area contributed by atoms with Gasteiger partial charge in [-0.3, -0.25) is 0 Å². The van der Waals surface area contributed by atoms with Crippen LogP contribution in [0.4, 0.5) is 0 Å². The third kappa shape index (κ3) is 2.62. The van der Waals surface area contributed by atoms with Crippen molar-refractivity contribution >= 4 is 21.4 Å². The number of ether oxygens (including phenoxy) is 1. The van der Waals surface area contributed by atoms with Crippen molar-refractivity contribution in [3.63, 3.8) is 0 Å². The van der Waals surface area contributed by atoms with Gasteiger partial charge in [0.2, 0.25) is 0 Å². The number of nitrogens with two attached hydrogens (primary N) is 1. The van der Waals surface area contributed by atoms with Crippen LogP contribution in [0.5, 0.6) is 5.75 Å². The van der Waals surface area contributed by atoms with Crippen LogP contribution in [-0.4, -0.2) is 0 Å². The predicted molar refractivity (Wildman–Crippen MR) is 80.5 cm³/mol. The quantitative estimate of drug-likeness (QED) is 0.778. The average Bonchev–Trinajstić information content (AvgIpc) is 2.89. The fourth-order valence-corrected chi connectivity index (χ4v) is 3.17. The lowest BCUT2D eigenvalue weighted by atomic mass is 10.1. The molecular formula is C16H15NOS. The summed E-state index contributed by atoms with van der Waals surface area (Å²) in [7, 11) is 0. The zero-order chi connectivity index (χ0) is 13.1. The summed E-state index contributed by atoms with van der Waals surface area (Å²) in [6.45, 7) is 1.18. The van der Waals surface area contributed by atoms with Gasteiger partial charge in [-0.15, -0.1) is 11.3 Å². The lowest BCUT2D eigenvalue weighted by molar-refractivity contribution is 0.310. The number of fused-ring (bicyclic) bond motifs is 1. The van der Waals surface area contributed by atoms with E-state index in [1.807, 2.05) is 30.3 Å². The van der Waals surface area contributed by atoms with Gasteiger partial charge in [-0.25, -0.2) is 0 Å². The largest absolute Gasteiger partial charge is 0.488 e. The topological polar surface area (TPSA) is 35.2 Å². The summed E-state index contributed by atoms with van der Waals surface area (Å²) in [4.78, 5) is 1.22. The summed E-state index contributed by atoms with van der Waals surface area (Å²) in [5, 5.41) is 1.25. The van der Waals surface area contributed by atoms with E-state index in [1.165, 1.54) is 20.5 Å². The molecule has 2 aromatic carbocycles. The Balaban J connectivity index is 1.82. The molecule has 0 aliphatic heterocycles. The Labute approximate surface area is 116 Å². The molecule has 0 fully saturated rings. The van der Waals surface area contributed by atoms with Crippen LogP contribution in [0.2, 0.25) is 0 Å². The molecule has 0 bridgehead atoms. The molecular weight excluding hydrogens is 254 g/mol. The first-order valence-electron chi connectivity index (χ1n) is 6.25. The summed E-state index contributed by atoms with van der Waals surface area (Å²) in [6.07, 6.45) is 0. The van der Waals surface area contributed by atoms with Crippen molar-refractivity contribution in [3.05, 3.63) is 65.0 Å². The van der Waals surface area contributed by atoms with E-state index in [0.717, 1.165) is 5.75 Å². The van der Waals surface area contributed by atoms with Gasteiger partial charge >= 0.3 is 0 Å². The number of hydrogen-bond acceptors (Lipinski definition) is 3. The van der Waals surface area contributed by atoms with Crippen LogP contribution in [0.25, 0.3) is 10.1 Å². The minimum absolute atomic E-state index is 0.580. The number of hydrogen-bond donors (Lipinski definition) is 1. The highest BCUT2D eigenvalue weighted by atomic mass is 32.1. The van der Waals surface area contributed by atoms with Gasteiger partial charge in [0, 0.05) is 16.1 Å². The summed E-state index contributed by atoms with van der Waals surface area (Å²) in [5.41, 5.74) is 6.97. The number of rotatable bonds is 4. The van der Waals surface area contributed by atoms with Crippen LogP contribution >= 0.6 is 11.3 Å². The maximum absolute atomic E-state index is 5.77. The third-order valence-electron chi connectivity index (χ3n) is 3.02. The summed E-state index contributed by atoms with van der Waals surface area (Å²) in [6, 6.07) is 18.3. The Morgan fingerprint density at radius 3 is 2.63 bits per heavy atom. The molecule has 0 saturated heterocycles. The van der Waals surface area contributed by atoms with E-state index < -0.39 is 0 Å². The van der Waals surface area contributed by atoms with Crippen molar-refractivity contribution in [1.29, 1.82) is 0 Å². The Hall–Kier alpha value is -1.84. The molecule has 0 amide bonds. The van der Waals surface area contributed by atoms with E-state index in [-0.39, 0.29) is 0 Å². The molecule has 3 rings (SSSR count). The molecule has 96 valence electrons. The SMILES string of the molecule is NCc1cccc2cc(COc3ccccc3)sc12. The van der Waals surface area contributed by atoms with E-state index in [1.54, 1.807) is 11.3 Å². The second-order valence-electron chi connectivity index (χ2n) is 4.35. The second kappa shape index (κ2) is 5.43. The normalized spacial score (nSPS) is 10.8. The van der Waals surface area contributed by atoms with Gasteiger partial charge in [0.05, 0.1) is 0 Å². The Morgan fingerprint density at radius 1 is 1.00 bits per heavy atom. The minimum Gasteiger partial charge on any atom is -0.488 e. The van der Waals surface area contributed by atoms with Crippen LogP contribution in [-0.2, 0) is 13.2 Å². The van der Waals surface area contributed by atoms with Crippen LogP contribution in [0, 0.1) is 0 Å². The molecule has 1 aromatic heterocycles. The molecule has 0 unspecified atom stereocenters. The number of thiophene rings is 1. The zero-order valence-corrected chi connectivity index (χ0v) is 11.3. The Bertz CT molecular complexity index is 676. The molecule has 19 heavy (non-hydrogen) atoms. The molecule has 1 heterocycles. The number of para-hydroxylation sites is 1. The maximum atomic E-state index is 5.77. The third-order valence-corrected chi connectivity index (χ3v) is 4.22. The summed E-state index contributed by atoms with van der Waals surface area (Å²) in [5.74, 6) is 0.902. The highest BCUT2D eigenvalue weighted by molar-refractivity contribution is 7.19. The lowest BCUT2D eigenvalue weighted by Crippen LogP contribution is -1.95. The van der Waals surface area contributed by atoms with Gasteiger partial charge in [0.25, 0.3) is 0 Å². The standard InChI is InChI=1S/C16H15NOS/c17-10-13-6-4-5-12-9-15(19-16(12)13)11-18-14-7-2-1-3-8-14/h1-9H,10-11,17H2. The van der Waals surface area contributed by atoms with Gasteiger partial charge in [-0.05, 0) is 29.1 Å². The van der Waals surface area contributed by atoms with Gasteiger partial charge < -0.3 is 10.5 Å². The molecule has 0 saturated carbocycles. The van der Waals surface area contributed by atoms with Crippen molar-refractivity contribution in [3.8, 4) is 5.75 Å². The van der Waals surface area contributed by atoms with E-state index in [2.05, 4.69) is 24.3 Å². The Morgan fingerprint density at radius 2 is 1.84 bits per heavy atom. The van der Waals surface area contributed by atoms with Crippen LogP contribution < -0.4 is 10.5 Å². The monoisotopic (exact) mass is 269 g/mol. The highest BCUT2D eigenvalue weighted by Crippen LogP contribution is 2.29. The first-order chi connectivity index (χ1) is 9.36. The zero-order valence-electron chi connectivity index (χ0n) is 10.5. The summed E-state index contributed by atoms with van der Waals surface area (Å²) < 4.78 is 7.05. The van der Waals surface area contributed by atoms with Gasteiger partial charge in [0.15, 0.2) is 0 Å². The van der Waals surface area contributed by atoms with E-state index in [9.17, 15) is 0 Å². The molecule has 0 spiro atoms. The first-order valence-corrected chi connectivity index (χ1v) is 7.06. The molecule has 2 N–H and O–H groups in total. The molecule has 0 aliphatic carbocycles. The fraction of sp³-hybridized carbons (Fsp3) is 0.125. The van der Waals surface area contributed by atoms with E-state index in [4.69, 9.17) is 10.5 Å². The van der Waals surface area contributed by atoms with E-state index in [0.29, 0.717) is 13.2 Å². The highest BCUT2D eigenvalue weighted by Gasteiger charge is 2.05. The smallest absolute Gasteiger partial charge is 0.122 e. The number of benzene rings is 2. The van der Waals surface area contributed by atoms with Crippen molar-refractivity contribution in [2.24, 2.45) is 5.73 Å². The van der Waals surface area contributed by atoms with Crippen LogP contribution in [0.3, 0.4) is 0 Å². The molecule has 0 radical (unpaired) electrons. The van der Waals surface area contributed by atoms with Gasteiger partial charge in [0.1, 0.15) is 12.4 Å². The van der Waals surface area contributed by atoms with Crippen LogP contribution in [0.1, 0.15) is 10.4 Å². The molecule has 3 heteroatoms. The van der Waals surface area contributed by atoms with Crippen molar-refractivity contribution in [2.75, 3.05) is 0 Å². The van der Waals surface area contributed by atoms with E-state index >= 15 is 0 Å². The molecule has 3 aromatic rings. The van der Waals surface area contributed by atoms with Crippen molar-refractivity contribution in [1.82, 2.24) is 0 Å². The molecule has 0 atom stereocenters. The lowest BCUT2D eigenvalue weighted by Gasteiger charge is -2.03. The Kier molecular flexibility index (Phi) is 3.49. The van der Waals surface area contributed by atoms with Gasteiger partial charge in [-0.1, -0.05) is 36.4 Å². The first kappa shape index (κ1) is 12.2. The second-order valence-corrected chi connectivity index (χ2v) is 5.49.